The number of aromatic nitrogens is 2. The maximum atomic E-state index is 12.6. The molecule has 3 atom stereocenters. The first kappa shape index (κ1) is 23.1. The number of piperazine rings is 1. The summed E-state index contributed by atoms with van der Waals surface area (Å²) in [7, 11) is 0. The van der Waals surface area contributed by atoms with Crippen molar-refractivity contribution in [2.24, 2.45) is 11.8 Å². The molecule has 0 bridgehead atoms. The summed E-state index contributed by atoms with van der Waals surface area (Å²) >= 11 is 0. The number of hydrogen-bond acceptors (Lipinski definition) is 5. The van der Waals surface area contributed by atoms with Gasteiger partial charge in [-0.15, -0.1) is 0 Å². The van der Waals surface area contributed by atoms with Gasteiger partial charge < -0.3 is 14.7 Å². The monoisotopic (exact) mass is 482 g/mol. The van der Waals surface area contributed by atoms with Crippen molar-refractivity contribution in [1.82, 2.24) is 19.4 Å². The fourth-order valence-electron chi connectivity index (χ4n) is 5.91. The van der Waals surface area contributed by atoms with Crippen molar-refractivity contribution in [3.05, 3.63) is 54.4 Å². The highest BCUT2D eigenvalue weighted by Crippen LogP contribution is 2.39. The lowest BCUT2D eigenvalue weighted by Crippen LogP contribution is -2.49. The highest BCUT2D eigenvalue weighted by Gasteiger charge is 2.45. The Labute approximate surface area is 212 Å². The molecular weight excluding hydrogens is 448 g/mol. The van der Waals surface area contributed by atoms with Crippen LogP contribution >= 0.6 is 0 Å². The topological polar surface area (TPSA) is 67.9 Å². The van der Waals surface area contributed by atoms with Gasteiger partial charge in [0.2, 0.25) is 5.91 Å². The third kappa shape index (κ3) is 4.24. The van der Waals surface area contributed by atoms with Crippen molar-refractivity contribution in [3.8, 4) is 17.2 Å². The third-order valence-corrected chi connectivity index (χ3v) is 8.36. The predicted octanol–water partition coefficient (Wildman–Crippen LogP) is 4.01. The van der Waals surface area contributed by atoms with Crippen LogP contribution in [0.2, 0.25) is 0 Å². The van der Waals surface area contributed by atoms with Gasteiger partial charge in [0.05, 0.1) is 29.1 Å². The van der Waals surface area contributed by atoms with Crippen LogP contribution in [0.15, 0.2) is 48.8 Å². The second-order valence-electron chi connectivity index (χ2n) is 10.9. The minimum atomic E-state index is -0.0727. The number of carbonyl (C=O) groups is 1. The van der Waals surface area contributed by atoms with Gasteiger partial charge >= 0.3 is 0 Å². The SMILES string of the molecule is CC(C)N1CC[C@@H](c2ccc(-c3cc4c(N5CCN(C(=O)C6C[C@@H]6C#N)CC5)ccnn4c3)cc2)C1. The van der Waals surface area contributed by atoms with Crippen LogP contribution in [-0.4, -0.2) is 70.6 Å². The highest BCUT2D eigenvalue weighted by molar-refractivity contribution is 5.83. The zero-order chi connectivity index (χ0) is 24.8. The van der Waals surface area contributed by atoms with Gasteiger partial charge in [0.1, 0.15) is 0 Å². The van der Waals surface area contributed by atoms with Crippen molar-refractivity contribution < 1.29 is 4.79 Å². The van der Waals surface area contributed by atoms with Gasteiger partial charge in [-0.2, -0.15) is 10.4 Å². The molecule has 0 spiro atoms. The largest absolute Gasteiger partial charge is 0.366 e. The summed E-state index contributed by atoms with van der Waals surface area (Å²) in [6.07, 6.45) is 5.93. The van der Waals surface area contributed by atoms with Crippen LogP contribution in [0.3, 0.4) is 0 Å². The quantitative estimate of drug-likeness (QED) is 0.550. The molecule has 7 heteroatoms. The number of likely N-dealkylation sites (tertiary alicyclic amines) is 1. The third-order valence-electron chi connectivity index (χ3n) is 8.36. The van der Waals surface area contributed by atoms with Crippen LogP contribution in [0.25, 0.3) is 16.6 Å². The van der Waals surface area contributed by atoms with E-state index in [9.17, 15) is 4.79 Å². The summed E-state index contributed by atoms with van der Waals surface area (Å²) in [5, 5.41) is 13.6. The van der Waals surface area contributed by atoms with E-state index < -0.39 is 0 Å². The standard InChI is InChI=1S/C29H34N6O/c1-20(2)34-10-8-23(18-34)21-3-5-22(6-4-21)25-16-28-27(7-9-31-35(28)19-25)32-11-13-33(14-12-32)29(36)26-15-24(26)17-30/h3-7,9,16,19-20,23-24,26H,8,10-15,18H2,1-2H3/t23-,24-,26?/m1/s1. The summed E-state index contributed by atoms with van der Waals surface area (Å²) < 4.78 is 1.97. The van der Waals surface area contributed by atoms with Gasteiger partial charge in [0.25, 0.3) is 0 Å². The average Bonchev–Trinajstić information content (AvgIpc) is 3.30. The minimum absolute atomic E-state index is 0.0726. The molecule has 36 heavy (non-hydrogen) atoms. The molecule has 0 N–H and O–H groups in total. The predicted molar refractivity (Wildman–Crippen MR) is 141 cm³/mol. The molecule has 1 amide bonds. The van der Waals surface area contributed by atoms with Crippen LogP contribution in [0.4, 0.5) is 5.69 Å². The fourth-order valence-corrected chi connectivity index (χ4v) is 5.91. The molecular formula is C29H34N6O. The molecule has 2 aromatic heterocycles. The Morgan fingerprint density at radius 1 is 1.06 bits per heavy atom. The smallest absolute Gasteiger partial charge is 0.227 e. The first-order valence-electron chi connectivity index (χ1n) is 13.3. The molecule has 3 aromatic rings. The lowest BCUT2D eigenvalue weighted by atomic mass is 9.96. The Hall–Kier alpha value is -3.37. The molecule has 0 radical (unpaired) electrons. The summed E-state index contributed by atoms with van der Waals surface area (Å²) in [4.78, 5) is 19.5. The maximum Gasteiger partial charge on any atom is 0.227 e. The van der Waals surface area contributed by atoms with E-state index in [1.807, 2.05) is 15.6 Å². The number of benzene rings is 1. The van der Waals surface area contributed by atoms with Crippen molar-refractivity contribution in [2.75, 3.05) is 44.2 Å². The van der Waals surface area contributed by atoms with Crippen LogP contribution in [0.1, 0.15) is 38.2 Å². The summed E-state index contributed by atoms with van der Waals surface area (Å²) in [5.74, 6) is 0.635. The second-order valence-corrected chi connectivity index (χ2v) is 10.9. The molecule has 3 aliphatic rings. The van der Waals surface area contributed by atoms with Gasteiger partial charge in [0, 0.05) is 56.7 Å². The Morgan fingerprint density at radius 3 is 2.50 bits per heavy atom. The molecule has 1 unspecified atom stereocenters. The van der Waals surface area contributed by atoms with Gasteiger partial charge in [-0.1, -0.05) is 24.3 Å². The first-order valence-corrected chi connectivity index (χ1v) is 13.3. The molecule has 186 valence electrons. The Balaban J connectivity index is 1.16. The van der Waals surface area contributed by atoms with Crippen molar-refractivity contribution in [3.63, 3.8) is 0 Å². The number of nitriles is 1. The van der Waals surface area contributed by atoms with Gasteiger partial charge in [0.15, 0.2) is 0 Å². The number of rotatable bonds is 5. The minimum Gasteiger partial charge on any atom is -0.366 e. The second kappa shape index (κ2) is 9.25. The number of anilines is 1. The van der Waals surface area contributed by atoms with Crippen molar-refractivity contribution in [1.29, 1.82) is 5.26 Å². The fraction of sp³-hybridized carbons (Fsp3) is 0.483. The molecule has 1 saturated carbocycles. The lowest BCUT2D eigenvalue weighted by molar-refractivity contribution is -0.133. The van der Waals surface area contributed by atoms with Crippen molar-refractivity contribution >= 4 is 17.1 Å². The molecule has 6 rings (SSSR count). The van der Waals surface area contributed by atoms with E-state index in [1.54, 1.807) is 0 Å². The maximum absolute atomic E-state index is 12.6. The van der Waals surface area contributed by atoms with E-state index >= 15 is 0 Å². The molecule has 2 aliphatic heterocycles. The molecule has 1 aromatic carbocycles. The molecule has 3 fully saturated rings. The molecule has 7 nitrogen and oxygen atoms in total. The van der Waals surface area contributed by atoms with Crippen LogP contribution in [0.5, 0.6) is 0 Å². The zero-order valence-electron chi connectivity index (χ0n) is 21.2. The number of hydrogen-bond donors (Lipinski definition) is 0. The van der Waals surface area contributed by atoms with Crippen LogP contribution in [0, 0.1) is 23.2 Å². The Bertz CT molecular complexity index is 1300. The molecule has 2 saturated heterocycles. The summed E-state index contributed by atoms with van der Waals surface area (Å²) in [5.41, 5.74) is 6.05. The van der Waals surface area contributed by atoms with Gasteiger partial charge in [-0.25, -0.2) is 4.52 Å². The lowest BCUT2D eigenvalue weighted by Gasteiger charge is -2.36. The molecule has 4 heterocycles. The number of amides is 1. The first-order chi connectivity index (χ1) is 17.5. The van der Waals surface area contributed by atoms with E-state index in [1.165, 1.54) is 29.7 Å². The Kier molecular flexibility index (Phi) is 5.93. The van der Waals surface area contributed by atoms with Crippen LogP contribution in [-0.2, 0) is 4.79 Å². The van der Waals surface area contributed by atoms with Crippen LogP contribution < -0.4 is 4.90 Å². The summed E-state index contributed by atoms with van der Waals surface area (Å²) in [6, 6.07) is 16.2. The van der Waals surface area contributed by atoms with E-state index in [-0.39, 0.29) is 17.7 Å². The van der Waals surface area contributed by atoms with E-state index in [0.717, 1.165) is 37.3 Å². The zero-order valence-corrected chi connectivity index (χ0v) is 21.2. The van der Waals surface area contributed by atoms with Crippen molar-refractivity contribution in [2.45, 2.75) is 38.6 Å². The van der Waals surface area contributed by atoms with E-state index in [0.29, 0.717) is 25.0 Å². The van der Waals surface area contributed by atoms with E-state index in [4.69, 9.17) is 5.26 Å². The average molecular weight is 483 g/mol. The number of nitrogens with zero attached hydrogens (tertiary/aromatic N) is 6. The number of carbonyl (C=O) groups excluding carboxylic acids is 1. The normalized spacial score (nSPS) is 24.4. The highest BCUT2D eigenvalue weighted by atomic mass is 16.2. The number of fused-ring (bicyclic) bond motifs is 1. The van der Waals surface area contributed by atoms with E-state index in [2.05, 4.69) is 77.4 Å². The summed E-state index contributed by atoms with van der Waals surface area (Å²) in [6.45, 7) is 9.89. The molecule has 1 aliphatic carbocycles. The van der Waals surface area contributed by atoms with Gasteiger partial charge in [-0.3, -0.25) is 4.79 Å². The van der Waals surface area contributed by atoms with Gasteiger partial charge in [-0.05, 0) is 62.4 Å². The Morgan fingerprint density at radius 2 is 1.83 bits per heavy atom.